The molecule has 3 heterocycles. The number of hydrogen-bond donors (Lipinski definition) is 0. The Morgan fingerprint density at radius 2 is 1.89 bits per heavy atom. The second-order valence-electron chi connectivity index (χ2n) is 8.24. The molecule has 9 nitrogen and oxygen atoms in total. The molecule has 35 heavy (non-hydrogen) atoms. The Labute approximate surface area is 201 Å². The fourth-order valence-corrected chi connectivity index (χ4v) is 3.95. The number of likely N-dealkylation sites (N-methyl/N-ethyl adjacent to an activating group) is 1. The van der Waals surface area contributed by atoms with Gasteiger partial charge in [-0.3, -0.25) is 4.79 Å². The second-order valence-corrected chi connectivity index (χ2v) is 8.24. The van der Waals surface area contributed by atoms with E-state index in [1.807, 2.05) is 68.4 Å². The van der Waals surface area contributed by atoms with E-state index in [0.717, 1.165) is 16.7 Å². The maximum absolute atomic E-state index is 13.0. The summed E-state index contributed by atoms with van der Waals surface area (Å²) < 4.78 is 8.06. The summed E-state index contributed by atoms with van der Waals surface area (Å²) in [7, 11) is 0. The monoisotopic (exact) mass is 468 g/mol. The van der Waals surface area contributed by atoms with E-state index < -0.39 is 5.69 Å². The average Bonchev–Trinajstić information content (AvgIpc) is 3.48. The lowest BCUT2D eigenvalue weighted by molar-refractivity contribution is -0.132. The summed E-state index contributed by atoms with van der Waals surface area (Å²) in [5.74, 6) is 0.500. The number of aryl methyl sites for hydroxylation is 1. The molecule has 0 radical (unpaired) electrons. The number of carbonyl (C=O) groups is 1. The Morgan fingerprint density at radius 3 is 2.66 bits per heavy atom. The quantitative estimate of drug-likeness (QED) is 0.362. The van der Waals surface area contributed by atoms with Crippen molar-refractivity contribution in [2.75, 3.05) is 6.54 Å². The molecule has 176 valence electrons. The molecule has 0 unspecified atom stereocenters. The van der Waals surface area contributed by atoms with Crippen LogP contribution in [0.5, 0.6) is 0 Å². The molecule has 1 amide bonds. The van der Waals surface area contributed by atoms with E-state index in [1.54, 1.807) is 23.2 Å². The summed E-state index contributed by atoms with van der Waals surface area (Å²) in [4.78, 5) is 32.2. The predicted octanol–water partition coefficient (Wildman–Crippen LogP) is 3.57. The van der Waals surface area contributed by atoms with Crippen LogP contribution in [0.25, 0.3) is 28.5 Å². The van der Waals surface area contributed by atoms with E-state index in [2.05, 4.69) is 15.2 Å². The molecule has 5 aromatic rings. The van der Waals surface area contributed by atoms with Crippen molar-refractivity contribution in [3.63, 3.8) is 0 Å². The zero-order valence-corrected chi connectivity index (χ0v) is 19.5. The van der Waals surface area contributed by atoms with Crippen LogP contribution in [-0.4, -0.2) is 41.7 Å². The van der Waals surface area contributed by atoms with Gasteiger partial charge in [-0.2, -0.15) is 4.98 Å². The van der Waals surface area contributed by atoms with Gasteiger partial charge in [-0.05, 0) is 37.6 Å². The van der Waals surface area contributed by atoms with Crippen molar-refractivity contribution in [3.8, 4) is 22.8 Å². The molecule has 0 bridgehead atoms. The molecule has 0 aliphatic carbocycles. The van der Waals surface area contributed by atoms with Gasteiger partial charge in [-0.1, -0.05) is 59.3 Å². The van der Waals surface area contributed by atoms with E-state index in [4.69, 9.17) is 4.52 Å². The largest absolute Gasteiger partial charge is 0.350 e. The number of aromatic nitrogens is 5. The number of hydrogen-bond acceptors (Lipinski definition) is 6. The van der Waals surface area contributed by atoms with E-state index in [9.17, 15) is 9.59 Å². The van der Waals surface area contributed by atoms with Gasteiger partial charge in [-0.15, -0.1) is 5.10 Å². The van der Waals surface area contributed by atoms with Crippen molar-refractivity contribution in [3.05, 3.63) is 94.5 Å². The predicted molar refractivity (Wildman–Crippen MR) is 130 cm³/mol. The molecule has 2 aromatic carbocycles. The maximum Gasteiger partial charge on any atom is 0.350 e. The lowest BCUT2D eigenvalue weighted by Crippen LogP contribution is -2.36. The zero-order valence-electron chi connectivity index (χ0n) is 19.5. The van der Waals surface area contributed by atoms with E-state index >= 15 is 0 Å². The van der Waals surface area contributed by atoms with Crippen LogP contribution < -0.4 is 5.69 Å². The lowest BCUT2D eigenvalue weighted by atomic mass is 10.1. The smallest absolute Gasteiger partial charge is 0.337 e. The molecule has 9 heteroatoms. The number of nitrogens with zero attached hydrogens (tertiary/aromatic N) is 6. The van der Waals surface area contributed by atoms with Gasteiger partial charge < -0.3 is 9.42 Å². The summed E-state index contributed by atoms with van der Waals surface area (Å²) >= 11 is 0. The highest BCUT2D eigenvalue weighted by molar-refractivity contribution is 5.76. The van der Waals surface area contributed by atoms with Gasteiger partial charge in [0.2, 0.25) is 11.7 Å². The van der Waals surface area contributed by atoms with Crippen LogP contribution in [0.3, 0.4) is 0 Å². The van der Waals surface area contributed by atoms with Crippen molar-refractivity contribution < 1.29 is 9.32 Å². The number of benzene rings is 2. The summed E-state index contributed by atoms with van der Waals surface area (Å²) in [6.07, 6.45) is 1.61. The molecule has 0 saturated carbocycles. The van der Waals surface area contributed by atoms with Gasteiger partial charge in [-0.25, -0.2) is 13.9 Å². The average molecular weight is 469 g/mol. The first kappa shape index (κ1) is 22.3. The second kappa shape index (κ2) is 9.38. The molecule has 0 N–H and O–H groups in total. The zero-order chi connectivity index (χ0) is 24.4. The number of rotatable bonds is 7. The van der Waals surface area contributed by atoms with Crippen LogP contribution in [0.2, 0.25) is 0 Å². The van der Waals surface area contributed by atoms with Crippen LogP contribution in [0.1, 0.15) is 18.1 Å². The minimum atomic E-state index is -0.413. The van der Waals surface area contributed by atoms with Crippen LogP contribution in [0.15, 0.2) is 82.2 Å². The van der Waals surface area contributed by atoms with Gasteiger partial charge in [0, 0.05) is 24.8 Å². The summed E-state index contributed by atoms with van der Waals surface area (Å²) in [6.45, 7) is 4.72. The third-order valence-corrected chi connectivity index (χ3v) is 5.78. The minimum Gasteiger partial charge on any atom is -0.337 e. The molecule has 0 aliphatic heterocycles. The Morgan fingerprint density at radius 1 is 1.06 bits per heavy atom. The first-order valence-electron chi connectivity index (χ1n) is 11.3. The molecule has 0 aliphatic rings. The third-order valence-electron chi connectivity index (χ3n) is 5.78. The Balaban J connectivity index is 1.44. The van der Waals surface area contributed by atoms with Crippen molar-refractivity contribution in [1.82, 2.24) is 29.2 Å². The van der Waals surface area contributed by atoms with Gasteiger partial charge in [0.05, 0.1) is 5.56 Å². The van der Waals surface area contributed by atoms with E-state index in [1.165, 1.54) is 9.08 Å². The van der Waals surface area contributed by atoms with Gasteiger partial charge in [0.15, 0.2) is 5.65 Å². The standard InChI is InChI=1S/C26H24N6O3/c1-3-30(16-19-10-5-4-6-11-19)22(33)17-32-26(34)31-14-8-13-21(24(31)28-32)25-27-23(29-35-25)20-12-7-9-18(2)15-20/h4-15H,3,16-17H2,1-2H3. The molecule has 5 rings (SSSR count). The highest BCUT2D eigenvalue weighted by Crippen LogP contribution is 2.25. The number of amides is 1. The van der Waals surface area contributed by atoms with Gasteiger partial charge in [0.25, 0.3) is 5.89 Å². The Kier molecular flexibility index (Phi) is 5.97. The Bertz CT molecular complexity index is 1550. The van der Waals surface area contributed by atoms with E-state index in [-0.39, 0.29) is 18.3 Å². The maximum atomic E-state index is 13.0. The van der Waals surface area contributed by atoms with Crippen molar-refractivity contribution in [2.45, 2.75) is 26.9 Å². The molecule has 0 saturated heterocycles. The summed E-state index contributed by atoms with van der Waals surface area (Å²) in [5, 5.41) is 8.53. The molecule has 0 fully saturated rings. The number of pyridine rings is 1. The van der Waals surface area contributed by atoms with Crippen LogP contribution >= 0.6 is 0 Å². The molecule has 3 aromatic heterocycles. The first-order chi connectivity index (χ1) is 17.0. The van der Waals surface area contributed by atoms with Crippen LogP contribution in [0.4, 0.5) is 0 Å². The topological polar surface area (TPSA) is 98.5 Å². The first-order valence-corrected chi connectivity index (χ1v) is 11.3. The summed E-state index contributed by atoms with van der Waals surface area (Å²) in [6, 6.07) is 21.0. The molecular weight excluding hydrogens is 444 g/mol. The fraction of sp³-hybridized carbons (Fsp3) is 0.192. The normalized spacial score (nSPS) is 11.1. The summed E-state index contributed by atoms with van der Waals surface area (Å²) in [5.41, 5.74) is 3.38. The highest BCUT2D eigenvalue weighted by Gasteiger charge is 2.20. The van der Waals surface area contributed by atoms with Crippen molar-refractivity contribution in [1.29, 1.82) is 0 Å². The van der Waals surface area contributed by atoms with Crippen LogP contribution in [-0.2, 0) is 17.9 Å². The third kappa shape index (κ3) is 4.48. The van der Waals surface area contributed by atoms with Gasteiger partial charge in [0.1, 0.15) is 6.54 Å². The fourth-order valence-electron chi connectivity index (χ4n) is 3.95. The highest BCUT2D eigenvalue weighted by atomic mass is 16.5. The van der Waals surface area contributed by atoms with Crippen molar-refractivity contribution >= 4 is 11.6 Å². The Hall–Kier alpha value is -4.53. The minimum absolute atomic E-state index is 0.168. The SMILES string of the molecule is CCN(Cc1ccccc1)C(=O)Cn1nc2c(-c3nc(-c4cccc(C)c4)no3)cccn2c1=O. The van der Waals surface area contributed by atoms with Crippen molar-refractivity contribution in [2.24, 2.45) is 0 Å². The lowest BCUT2D eigenvalue weighted by Gasteiger charge is -2.20. The van der Waals surface area contributed by atoms with Crippen LogP contribution in [0, 0.1) is 6.92 Å². The number of fused-ring (bicyclic) bond motifs is 1. The van der Waals surface area contributed by atoms with E-state index in [0.29, 0.717) is 30.1 Å². The number of carbonyl (C=O) groups excluding carboxylic acids is 1. The molecular formula is C26H24N6O3. The molecule has 0 atom stereocenters. The molecule has 0 spiro atoms. The van der Waals surface area contributed by atoms with Gasteiger partial charge >= 0.3 is 5.69 Å².